The quantitative estimate of drug-likeness (QED) is 0.783. The lowest BCUT2D eigenvalue weighted by molar-refractivity contribution is 0.278. The molecule has 5 heteroatoms. The van der Waals surface area contributed by atoms with Crippen molar-refractivity contribution >= 4 is 11.8 Å². The average molecular weight is 222 g/mol. The van der Waals surface area contributed by atoms with Crippen LogP contribution in [0.4, 0.5) is 0 Å². The summed E-state index contributed by atoms with van der Waals surface area (Å²) >= 11 is 1.84. The molecule has 2 aliphatic rings. The van der Waals surface area contributed by atoms with Gasteiger partial charge in [-0.25, -0.2) is 4.68 Å². The molecule has 1 unspecified atom stereocenters. The normalized spacial score (nSPS) is 25.1. The Kier molecular flexibility index (Phi) is 2.20. The van der Waals surface area contributed by atoms with Gasteiger partial charge in [-0.1, -0.05) is 5.21 Å². The maximum absolute atomic E-state index is 4.16. The third kappa shape index (κ3) is 1.76. The highest BCUT2D eigenvalue weighted by Crippen LogP contribution is 2.39. The second-order valence-electron chi connectivity index (χ2n) is 4.11. The first-order chi connectivity index (χ1) is 7.34. The minimum absolute atomic E-state index is 0.515. The van der Waals surface area contributed by atoms with Crippen LogP contribution in [-0.2, 0) is 6.67 Å². The monoisotopic (exact) mass is 222 g/mol. The Morgan fingerprint density at radius 1 is 1.53 bits per heavy atom. The third-order valence-corrected chi connectivity index (χ3v) is 3.88. The summed E-state index contributed by atoms with van der Waals surface area (Å²) in [7, 11) is 0. The summed E-state index contributed by atoms with van der Waals surface area (Å²) in [6.45, 7) is 3.04. The predicted molar refractivity (Wildman–Crippen MR) is 60.0 cm³/mol. The fraction of sp³-hybridized carbons (Fsp3) is 0.600. The minimum Gasteiger partial charge on any atom is -0.346 e. The van der Waals surface area contributed by atoms with E-state index in [0.29, 0.717) is 5.37 Å². The zero-order valence-corrected chi connectivity index (χ0v) is 9.52. The van der Waals surface area contributed by atoms with Gasteiger partial charge in [0.1, 0.15) is 6.67 Å². The lowest BCUT2D eigenvalue weighted by Gasteiger charge is -2.21. The van der Waals surface area contributed by atoms with Crippen LogP contribution in [0.15, 0.2) is 17.8 Å². The Balaban J connectivity index is 1.75. The summed E-state index contributed by atoms with van der Waals surface area (Å²) in [6, 6.07) is 0. The van der Waals surface area contributed by atoms with Crippen LogP contribution in [-0.4, -0.2) is 25.3 Å². The summed E-state index contributed by atoms with van der Waals surface area (Å²) in [5, 5.41) is 10.8. The molecule has 1 saturated carbocycles. The smallest absolute Gasteiger partial charge is 0.114 e. The molecule has 0 bridgehead atoms. The highest BCUT2D eigenvalue weighted by Gasteiger charge is 2.28. The number of hydrogen-bond donors (Lipinski definition) is 0. The van der Waals surface area contributed by atoms with Gasteiger partial charge in [0.05, 0.1) is 17.3 Å². The highest BCUT2D eigenvalue weighted by molar-refractivity contribution is 8.02. The predicted octanol–water partition coefficient (Wildman–Crippen LogP) is 1.98. The SMILES string of the molecule is CC1SC=CN1Cn1nncc1C1CC1. The Hall–Kier alpha value is -0.970. The molecule has 0 saturated heterocycles. The molecule has 3 rings (SSSR count). The van der Waals surface area contributed by atoms with Crippen molar-refractivity contribution in [2.45, 2.75) is 37.7 Å². The van der Waals surface area contributed by atoms with Gasteiger partial charge in [-0.3, -0.25) is 0 Å². The van der Waals surface area contributed by atoms with E-state index in [-0.39, 0.29) is 0 Å². The van der Waals surface area contributed by atoms with E-state index < -0.39 is 0 Å². The molecule has 1 aromatic heterocycles. The first kappa shape index (κ1) is 9.27. The van der Waals surface area contributed by atoms with E-state index in [1.165, 1.54) is 18.5 Å². The number of aromatic nitrogens is 3. The van der Waals surface area contributed by atoms with Crippen LogP contribution in [0.25, 0.3) is 0 Å². The molecule has 0 amide bonds. The lowest BCUT2D eigenvalue weighted by atomic mass is 10.3. The molecule has 1 fully saturated rings. The zero-order valence-electron chi connectivity index (χ0n) is 8.71. The largest absolute Gasteiger partial charge is 0.346 e. The van der Waals surface area contributed by atoms with Crippen molar-refractivity contribution in [2.75, 3.05) is 0 Å². The summed E-state index contributed by atoms with van der Waals surface area (Å²) in [6.07, 6.45) is 6.64. The summed E-state index contributed by atoms with van der Waals surface area (Å²) in [4.78, 5) is 2.28. The first-order valence-corrected chi connectivity index (χ1v) is 6.25. The van der Waals surface area contributed by atoms with Gasteiger partial charge in [0.2, 0.25) is 0 Å². The molecule has 1 aliphatic heterocycles. The number of hydrogen-bond acceptors (Lipinski definition) is 4. The molecule has 15 heavy (non-hydrogen) atoms. The number of rotatable bonds is 3. The van der Waals surface area contributed by atoms with Crippen LogP contribution in [0.1, 0.15) is 31.4 Å². The summed E-state index contributed by atoms with van der Waals surface area (Å²) in [5.41, 5.74) is 1.30. The van der Waals surface area contributed by atoms with Crippen LogP contribution in [0.2, 0.25) is 0 Å². The van der Waals surface area contributed by atoms with E-state index in [4.69, 9.17) is 0 Å². The second kappa shape index (κ2) is 3.56. The van der Waals surface area contributed by atoms with Gasteiger partial charge in [0.15, 0.2) is 0 Å². The van der Waals surface area contributed by atoms with Crippen LogP contribution in [0.3, 0.4) is 0 Å². The van der Waals surface area contributed by atoms with Gasteiger partial charge < -0.3 is 4.90 Å². The summed E-state index contributed by atoms with van der Waals surface area (Å²) in [5.74, 6) is 0.717. The van der Waals surface area contributed by atoms with E-state index in [1.807, 2.05) is 22.6 Å². The van der Waals surface area contributed by atoms with Gasteiger partial charge >= 0.3 is 0 Å². The van der Waals surface area contributed by atoms with Gasteiger partial charge in [-0.2, -0.15) is 0 Å². The average Bonchev–Trinajstić information content (AvgIpc) is 2.85. The second-order valence-corrected chi connectivity index (χ2v) is 5.34. The van der Waals surface area contributed by atoms with Crippen molar-refractivity contribution in [2.24, 2.45) is 0 Å². The molecule has 2 heterocycles. The molecular formula is C10H14N4S. The topological polar surface area (TPSA) is 34.0 Å². The Labute approximate surface area is 93.3 Å². The van der Waals surface area contributed by atoms with Crippen LogP contribution in [0, 0.1) is 0 Å². The number of thioether (sulfide) groups is 1. The van der Waals surface area contributed by atoms with Gasteiger partial charge in [0, 0.05) is 12.1 Å². The van der Waals surface area contributed by atoms with Gasteiger partial charge in [-0.05, 0) is 25.2 Å². The Morgan fingerprint density at radius 2 is 2.40 bits per heavy atom. The van der Waals surface area contributed by atoms with Crippen LogP contribution in [0.5, 0.6) is 0 Å². The maximum Gasteiger partial charge on any atom is 0.114 e. The van der Waals surface area contributed by atoms with Crippen LogP contribution < -0.4 is 0 Å². The van der Waals surface area contributed by atoms with Crippen molar-refractivity contribution < 1.29 is 0 Å². The molecular weight excluding hydrogens is 208 g/mol. The third-order valence-electron chi connectivity index (χ3n) is 2.94. The van der Waals surface area contributed by atoms with E-state index in [2.05, 4.69) is 33.7 Å². The van der Waals surface area contributed by atoms with Crippen molar-refractivity contribution in [1.29, 1.82) is 0 Å². The first-order valence-electron chi connectivity index (χ1n) is 5.31. The van der Waals surface area contributed by atoms with Crippen LogP contribution >= 0.6 is 11.8 Å². The molecule has 0 N–H and O–H groups in total. The van der Waals surface area contributed by atoms with Gasteiger partial charge in [-0.15, -0.1) is 16.9 Å². The Bertz CT molecular complexity index is 383. The molecule has 0 aromatic carbocycles. The molecule has 1 atom stereocenters. The fourth-order valence-corrected chi connectivity index (χ4v) is 2.56. The minimum atomic E-state index is 0.515. The maximum atomic E-state index is 4.16. The number of nitrogens with zero attached hydrogens (tertiary/aromatic N) is 4. The standard InChI is InChI=1S/C10H14N4S/c1-8-13(4-5-15-8)7-14-10(6-11-12-14)9-2-3-9/h4-6,8-9H,2-3,7H2,1H3. The zero-order chi connectivity index (χ0) is 10.3. The fourth-order valence-electron chi connectivity index (χ4n) is 1.81. The molecule has 1 aromatic rings. The van der Waals surface area contributed by atoms with Crippen molar-refractivity contribution in [1.82, 2.24) is 19.9 Å². The lowest BCUT2D eigenvalue weighted by Crippen LogP contribution is -2.26. The van der Waals surface area contributed by atoms with Crippen molar-refractivity contribution in [3.63, 3.8) is 0 Å². The van der Waals surface area contributed by atoms with Gasteiger partial charge in [0.25, 0.3) is 0 Å². The Morgan fingerprint density at radius 3 is 3.07 bits per heavy atom. The summed E-state index contributed by atoms with van der Waals surface area (Å²) < 4.78 is 2.03. The van der Waals surface area contributed by atoms with E-state index in [9.17, 15) is 0 Å². The molecule has 0 radical (unpaired) electrons. The molecule has 80 valence electrons. The van der Waals surface area contributed by atoms with E-state index in [1.54, 1.807) is 0 Å². The van der Waals surface area contributed by atoms with Crippen molar-refractivity contribution in [3.8, 4) is 0 Å². The molecule has 0 spiro atoms. The van der Waals surface area contributed by atoms with E-state index in [0.717, 1.165) is 12.6 Å². The highest BCUT2D eigenvalue weighted by atomic mass is 32.2. The molecule has 1 aliphatic carbocycles. The van der Waals surface area contributed by atoms with Crippen molar-refractivity contribution in [3.05, 3.63) is 23.5 Å². The molecule has 4 nitrogen and oxygen atoms in total. The van der Waals surface area contributed by atoms with E-state index >= 15 is 0 Å².